The first-order valence-corrected chi connectivity index (χ1v) is 9.52. The Morgan fingerprint density at radius 2 is 1.86 bits per heavy atom. The van der Waals surface area contributed by atoms with Crippen molar-refractivity contribution in [1.29, 1.82) is 0 Å². The van der Waals surface area contributed by atoms with Crippen LogP contribution >= 0.6 is 0 Å². The van der Waals surface area contributed by atoms with E-state index in [1.165, 1.54) is 11.6 Å². The second-order valence-electron chi connectivity index (χ2n) is 7.02. The van der Waals surface area contributed by atoms with Crippen molar-refractivity contribution in [3.8, 4) is 5.69 Å². The quantitative estimate of drug-likeness (QED) is 0.661. The third-order valence-electron chi connectivity index (χ3n) is 5.05. The molecule has 1 aliphatic rings. The molecule has 3 aromatic rings. The summed E-state index contributed by atoms with van der Waals surface area (Å²) in [5.41, 5.74) is 2.32. The molecule has 152 valence electrons. The van der Waals surface area contributed by atoms with E-state index in [1.54, 1.807) is 17.4 Å². The van der Waals surface area contributed by atoms with Crippen LogP contribution in [0, 0.1) is 0 Å². The highest BCUT2D eigenvalue weighted by molar-refractivity contribution is 5.92. The van der Waals surface area contributed by atoms with Gasteiger partial charge in [0.2, 0.25) is 0 Å². The Morgan fingerprint density at radius 3 is 2.55 bits per heavy atom. The Bertz CT molecular complexity index is 938. The van der Waals surface area contributed by atoms with Gasteiger partial charge in [0.15, 0.2) is 5.69 Å². The number of carbonyl (C=O) groups excluding carboxylic acids is 1. The van der Waals surface area contributed by atoms with Gasteiger partial charge in [-0.15, -0.1) is 0 Å². The minimum atomic E-state index is -2.74. The molecule has 0 unspecified atom stereocenters. The first kappa shape index (κ1) is 19.3. The monoisotopic (exact) mass is 400 g/mol. The highest BCUT2D eigenvalue weighted by Crippen LogP contribution is 2.15. The Morgan fingerprint density at radius 1 is 1.03 bits per heavy atom. The number of aromatic nitrogens is 4. The maximum atomic E-state index is 12.7. The molecular weight excluding hydrogens is 378 g/mol. The minimum Gasteiger partial charge on any atom is -0.336 e. The zero-order valence-electron chi connectivity index (χ0n) is 15.9. The van der Waals surface area contributed by atoms with Crippen LogP contribution in [0.5, 0.6) is 0 Å². The number of benzene rings is 1. The molecule has 1 aliphatic heterocycles. The van der Waals surface area contributed by atoms with Crippen LogP contribution in [0.4, 0.5) is 8.78 Å². The lowest BCUT2D eigenvalue weighted by atomic mass is 10.2. The van der Waals surface area contributed by atoms with Crippen molar-refractivity contribution < 1.29 is 13.6 Å². The number of hydrogen-bond donors (Lipinski definition) is 0. The number of rotatable bonds is 5. The van der Waals surface area contributed by atoms with E-state index in [0.717, 1.165) is 37.9 Å². The smallest absolute Gasteiger partial charge is 0.333 e. The van der Waals surface area contributed by atoms with Gasteiger partial charge >= 0.3 is 6.55 Å². The normalized spacial score (nSPS) is 15.6. The van der Waals surface area contributed by atoms with E-state index in [9.17, 15) is 13.6 Å². The van der Waals surface area contributed by atoms with Gasteiger partial charge in [-0.3, -0.25) is 9.69 Å². The molecule has 0 aliphatic carbocycles. The average molecular weight is 400 g/mol. The third kappa shape index (κ3) is 4.51. The lowest BCUT2D eigenvalue weighted by molar-refractivity contribution is 0.0552. The van der Waals surface area contributed by atoms with Crippen molar-refractivity contribution in [3.05, 3.63) is 66.5 Å². The van der Waals surface area contributed by atoms with Gasteiger partial charge in [0.05, 0.1) is 6.33 Å². The maximum Gasteiger partial charge on any atom is 0.333 e. The lowest BCUT2D eigenvalue weighted by Crippen LogP contribution is -2.35. The third-order valence-corrected chi connectivity index (χ3v) is 5.05. The van der Waals surface area contributed by atoms with Crippen LogP contribution in [-0.2, 0) is 6.54 Å². The number of halogens is 2. The molecule has 3 heterocycles. The van der Waals surface area contributed by atoms with E-state index in [2.05, 4.69) is 39.2 Å². The molecule has 0 spiro atoms. The van der Waals surface area contributed by atoms with Crippen molar-refractivity contribution >= 4 is 5.91 Å². The highest BCUT2D eigenvalue weighted by atomic mass is 19.3. The molecule has 1 fully saturated rings. The first-order chi connectivity index (χ1) is 14.1. The number of hydrogen-bond acceptors (Lipinski definition) is 4. The largest absolute Gasteiger partial charge is 0.336 e. The van der Waals surface area contributed by atoms with Gasteiger partial charge in [-0.1, -0.05) is 12.1 Å². The highest BCUT2D eigenvalue weighted by Gasteiger charge is 2.23. The molecular formula is C20H22F2N6O. The number of alkyl halides is 2. The predicted molar refractivity (Wildman–Crippen MR) is 103 cm³/mol. The van der Waals surface area contributed by atoms with E-state index in [0.29, 0.717) is 17.8 Å². The fourth-order valence-corrected chi connectivity index (χ4v) is 3.50. The van der Waals surface area contributed by atoms with Crippen LogP contribution in [0.2, 0.25) is 0 Å². The van der Waals surface area contributed by atoms with E-state index in [-0.39, 0.29) is 11.6 Å². The molecule has 29 heavy (non-hydrogen) atoms. The molecule has 0 bridgehead atoms. The van der Waals surface area contributed by atoms with E-state index in [4.69, 9.17) is 0 Å². The number of imidazole rings is 1. The predicted octanol–water partition coefficient (Wildman–Crippen LogP) is 2.81. The van der Waals surface area contributed by atoms with Crippen LogP contribution in [0.3, 0.4) is 0 Å². The van der Waals surface area contributed by atoms with E-state index >= 15 is 0 Å². The second-order valence-corrected chi connectivity index (χ2v) is 7.02. The number of amides is 1. The van der Waals surface area contributed by atoms with Crippen molar-refractivity contribution in [1.82, 2.24) is 29.1 Å². The Kier molecular flexibility index (Phi) is 5.66. The molecule has 2 aromatic heterocycles. The van der Waals surface area contributed by atoms with Crippen LogP contribution in [-0.4, -0.2) is 61.2 Å². The summed E-state index contributed by atoms with van der Waals surface area (Å²) < 4.78 is 27.8. The summed E-state index contributed by atoms with van der Waals surface area (Å²) in [6.07, 6.45) is 7.37. The first-order valence-electron chi connectivity index (χ1n) is 9.52. The zero-order valence-corrected chi connectivity index (χ0v) is 15.9. The SMILES string of the molecule is O=C(c1ccn(C(F)F)n1)N1CCCN(Cc2ccc(-n3ccnc3)cc2)CC1. The van der Waals surface area contributed by atoms with Crippen molar-refractivity contribution in [3.63, 3.8) is 0 Å². The van der Waals surface area contributed by atoms with Crippen molar-refractivity contribution in [2.45, 2.75) is 19.5 Å². The molecule has 1 saturated heterocycles. The molecule has 0 N–H and O–H groups in total. The Hall–Kier alpha value is -3.07. The molecule has 1 amide bonds. The maximum absolute atomic E-state index is 12.7. The summed E-state index contributed by atoms with van der Waals surface area (Å²) in [4.78, 5) is 20.6. The number of carbonyl (C=O) groups is 1. The zero-order chi connectivity index (χ0) is 20.2. The fraction of sp³-hybridized carbons (Fsp3) is 0.350. The Labute approximate surface area is 167 Å². The topological polar surface area (TPSA) is 59.2 Å². The van der Waals surface area contributed by atoms with Gasteiger partial charge in [0.25, 0.3) is 5.91 Å². The molecule has 4 rings (SSSR count). The summed E-state index contributed by atoms with van der Waals surface area (Å²) in [6, 6.07) is 9.66. The second kappa shape index (κ2) is 8.52. The summed E-state index contributed by atoms with van der Waals surface area (Å²) >= 11 is 0. The van der Waals surface area contributed by atoms with Crippen LogP contribution in [0.15, 0.2) is 55.2 Å². The number of nitrogens with zero attached hydrogens (tertiary/aromatic N) is 6. The molecule has 0 saturated carbocycles. The summed E-state index contributed by atoms with van der Waals surface area (Å²) in [5, 5.41) is 3.69. The van der Waals surface area contributed by atoms with Crippen LogP contribution in [0.25, 0.3) is 5.69 Å². The Balaban J connectivity index is 1.34. The summed E-state index contributed by atoms with van der Waals surface area (Å²) in [7, 11) is 0. The van der Waals surface area contributed by atoms with Crippen LogP contribution in [0.1, 0.15) is 29.0 Å². The van der Waals surface area contributed by atoms with Crippen molar-refractivity contribution in [2.24, 2.45) is 0 Å². The lowest BCUT2D eigenvalue weighted by Gasteiger charge is -2.21. The molecule has 1 aromatic carbocycles. The van der Waals surface area contributed by atoms with Gasteiger partial charge in [-0.25, -0.2) is 9.67 Å². The van der Waals surface area contributed by atoms with Gasteiger partial charge in [0, 0.05) is 57.0 Å². The van der Waals surface area contributed by atoms with Crippen molar-refractivity contribution in [2.75, 3.05) is 26.2 Å². The molecule has 0 radical (unpaired) electrons. The molecule has 9 heteroatoms. The van der Waals surface area contributed by atoms with Gasteiger partial charge < -0.3 is 9.47 Å². The average Bonchev–Trinajstić information content (AvgIpc) is 3.38. The van der Waals surface area contributed by atoms with Gasteiger partial charge in [-0.05, 0) is 30.2 Å². The van der Waals surface area contributed by atoms with Gasteiger partial charge in [-0.2, -0.15) is 13.9 Å². The standard InChI is InChI=1S/C20H22F2N6O/c21-20(22)28-10-6-18(24-28)19(29)26-9-1-8-25(12-13-26)14-16-2-4-17(5-3-16)27-11-7-23-15-27/h2-7,10-11,15,20H,1,8-9,12-14H2. The molecule has 7 nitrogen and oxygen atoms in total. The van der Waals surface area contributed by atoms with E-state index < -0.39 is 6.55 Å². The van der Waals surface area contributed by atoms with Crippen LogP contribution < -0.4 is 0 Å². The van der Waals surface area contributed by atoms with E-state index in [1.807, 2.05) is 10.8 Å². The van der Waals surface area contributed by atoms with Gasteiger partial charge in [0.1, 0.15) is 0 Å². The summed E-state index contributed by atoms with van der Waals surface area (Å²) in [6.45, 7) is 0.801. The fourth-order valence-electron chi connectivity index (χ4n) is 3.50. The summed E-state index contributed by atoms with van der Waals surface area (Å²) in [5.74, 6) is -0.295. The minimum absolute atomic E-state index is 0.0637. The molecule has 0 atom stereocenters.